The molecule has 0 spiro atoms. The molecular formula is C7H10ClN3. The topological polar surface area (TPSA) is 51.8 Å². The van der Waals surface area contributed by atoms with Crippen molar-refractivity contribution in [3.8, 4) is 0 Å². The van der Waals surface area contributed by atoms with E-state index in [1.165, 1.54) is 6.33 Å². The summed E-state index contributed by atoms with van der Waals surface area (Å²) in [5.74, 6) is 0.637. The lowest BCUT2D eigenvalue weighted by molar-refractivity contribution is 0.816. The number of anilines is 1. The van der Waals surface area contributed by atoms with Crippen molar-refractivity contribution in [2.75, 3.05) is 5.73 Å². The number of rotatable bonds is 1. The number of nitrogens with two attached hydrogens (primary N) is 1. The van der Waals surface area contributed by atoms with Crippen molar-refractivity contribution >= 4 is 17.4 Å². The van der Waals surface area contributed by atoms with E-state index in [2.05, 4.69) is 9.97 Å². The van der Waals surface area contributed by atoms with Crippen LogP contribution in [0, 0.1) is 0 Å². The Morgan fingerprint density at radius 1 is 1.45 bits per heavy atom. The van der Waals surface area contributed by atoms with Crippen LogP contribution in [0.2, 0.25) is 5.02 Å². The second kappa shape index (κ2) is 3.05. The molecule has 0 saturated carbocycles. The van der Waals surface area contributed by atoms with Crippen LogP contribution in [0.25, 0.3) is 0 Å². The molecule has 60 valence electrons. The summed E-state index contributed by atoms with van der Waals surface area (Å²) in [6.07, 6.45) is 1.43. The Kier molecular flexibility index (Phi) is 2.29. The van der Waals surface area contributed by atoms with Gasteiger partial charge < -0.3 is 5.73 Å². The monoisotopic (exact) mass is 171 g/mol. The molecule has 0 aromatic carbocycles. The van der Waals surface area contributed by atoms with Crippen LogP contribution in [0.5, 0.6) is 0 Å². The Morgan fingerprint density at radius 3 is 2.55 bits per heavy atom. The summed E-state index contributed by atoms with van der Waals surface area (Å²) in [4.78, 5) is 7.77. The van der Waals surface area contributed by atoms with Crippen molar-refractivity contribution in [3.63, 3.8) is 0 Å². The van der Waals surface area contributed by atoms with E-state index in [9.17, 15) is 0 Å². The van der Waals surface area contributed by atoms with E-state index in [1.54, 1.807) is 0 Å². The van der Waals surface area contributed by atoms with E-state index in [1.807, 2.05) is 13.8 Å². The van der Waals surface area contributed by atoms with E-state index in [0.717, 1.165) is 5.69 Å². The largest absolute Gasteiger partial charge is 0.382 e. The third-order valence-electron chi connectivity index (χ3n) is 1.39. The summed E-state index contributed by atoms with van der Waals surface area (Å²) in [6.45, 7) is 4.02. The van der Waals surface area contributed by atoms with Crippen LogP contribution in [0.4, 0.5) is 5.82 Å². The fraction of sp³-hybridized carbons (Fsp3) is 0.429. The fourth-order valence-electron chi connectivity index (χ4n) is 0.800. The molecule has 1 aromatic heterocycles. The number of hydrogen-bond donors (Lipinski definition) is 1. The molecule has 1 aromatic rings. The highest BCUT2D eigenvalue weighted by Gasteiger charge is 2.08. The lowest BCUT2D eigenvalue weighted by atomic mass is 10.1. The first-order valence-corrected chi connectivity index (χ1v) is 3.76. The standard InChI is InChI=1S/C7H10ClN3/c1-4(2)6-5(8)7(9)11-3-10-6/h3-4H,1-2H3,(H2,9,10,11). The second-order valence-electron chi connectivity index (χ2n) is 2.61. The summed E-state index contributed by atoms with van der Waals surface area (Å²) in [5, 5.41) is 0.475. The molecule has 1 rings (SSSR count). The average molecular weight is 172 g/mol. The van der Waals surface area contributed by atoms with Crippen LogP contribution in [0.1, 0.15) is 25.5 Å². The molecule has 2 N–H and O–H groups in total. The minimum Gasteiger partial charge on any atom is -0.382 e. The normalized spacial score (nSPS) is 10.5. The third kappa shape index (κ3) is 1.60. The molecule has 11 heavy (non-hydrogen) atoms. The average Bonchev–Trinajstić information content (AvgIpc) is 1.94. The summed E-state index contributed by atoms with van der Waals surface area (Å²) in [6, 6.07) is 0. The van der Waals surface area contributed by atoms with Crippen molar-refractivity contribution < 1.29 is 0 Å². The van der Waals surface area contributed by atoms with Gasteiger partial charge in [0, 0.05) is 0 Å². The second-order valence-corrected chi connectivity index (χ2v) is 2.99. The summed E-state index contributed by atoms with van der Waals surface area (Å²) in [7, 11) is 0. The molecule has 0 amide bonds. The Bertz CT molecular complexity index is 260. The molecule has 0 atom stereocenters. The summed E-state index contributed by atoms with van der Waals surface area (Å²) >= 11 is 5.84. The lowest BCUT2D eigenvalue weighted by Gasteiger charge is -2.06. The van der Waals surface area contributed by atoms with Gasteiger partial charge in [-0.15, -0.1) is 0 Å². The van der Waals surface area contributed by atoms with Crippen LogP contribution >= 0.6 is 11.6 Å². The summed E-state index contributed by atoms with van der Waals surface area (Å²) in [5.41, 5.74) is 6.28. The van der Waals surface area contributed by atoms with Crippen LogP contribution in [0.15, 0.2) is 6.33 Å². The number of hydrogen-bond acceptors (Lipinski definition) is 3. The number of aromatic nitrogens is 2. The molecule has 0 unspecified atom stereocenters. The van der Waals surface area contributed by atoms with Gasteiger partial charge in [-0.3, -0.25) is 0 Å². The smallest absolute Gasteiger partial charge is 0.145 e. The minimum atomic E-state index is 0.285. The van der Waals surface area contributed by atoms with Gasteiger partial charge in [0.25, 0.3) is 0 Å². The van der Waals surface area contributed by atoms with Gasteiger partial charge in [-0.25, -0.2) is 9.97 Å². The van der Waals surface area contributed by atoms with Crippen molar-refractivity contribution in [2.45, 2.75) is 19.8 Å². The molecule has 0 bridgehead atoms. The number of nitrogens with zero attached hydrogens (tertiary/aromatic N) is 2. The Labute approximate surface area is 70.6 Å². The van der Waals surface area contributed by atoms with Crippen molar-refractivity contribution in [1.82, 2.24) is 9.97 Å². The molecule has 3 nitrogen and oxygen atoms in total. The van der Waals surface area contributed by atoms with E-state index in [0.29, 0.717) is 10.8 Å². The van der Waals surface area contributed by atoms with Crippen molar-refractivity contribution in [3.05, 3.63) is 17.0 Å². The predicted octanol–water partition coefficient (Wildman–Crippen LogP) is 1.84. The van der Waals surface area contributed by atoms with E-state index in [4.69, 9.17) is 17.3 Å². The lowest BCUT2D eigenvalue weighted by Crippen LogP contribution is -1.99. The summed E-state index contributed by atoms with van der Waals surface area (Å²) < 4.78 is 0. The minimum absolute atomic E-state index is 0.285. The highest BCUT2D eigenvalue weighted by atomic mass is 35.5. The number of halogens is 1. The van der Waals surface area contributed by atoms with Gasteiger partial charge in [0.15, 0.2) is 0 Å². The molecule has 0 aliphatic rings. The van der Waals surface area contributed by atoms with Crippen LogP contribution < -0.4 is 5.73 Å². The van der Waals surface area contributed by atoms with Gasteiger partial charge in [-0.05, 0) is 5.92 Å². The highest BCUT2D eigenvalue weighted by molar-refractivity contribution is 6.33. The molecule has 1 heterocycles. The maximum absolute atomic E-state index is 5.84. The van der Waals surface area contributed by atoms with Gasteiger partial charge in [0.2, 0.25) is 0 Å². The molecular weight excluding hydrogens is 162 g/mol. The van der Waals surface area contributed by atoms with Crippen LogP contribution in [-0.4, -0.2) is 9.97 Å². The Hall–Kier alpha value is -0.830. The zero-order valence-electron chi connectivity index (χ0n) is 6.50. The van der Waals surface area contributed by atoms with Gasteiger partial charge >= 0.3 is 0 Å². The molecule has 0 aliphatic carbocycles. The predicted molar refractivity (Wildman–Crippen MR) is 45.5 cm³/mol. The Morgan fingerprint density at radius 2 is 2.09 bits per heavy atom. The maximum Gasteiger partial charge on any atom is 0.145 e. The molecule has 0 aliphatic heterocycles. The van der Waals surface area contributed by atoms with Gasteiger partial charge in [0.1, 0.15) is 17.2 Å². The first-order valence-electron chi connectivity index (χ1n) is 3.38. The molecule has 0 saturated heterocycles. The fourth-order valence-corrected chi connectivity index (χ4v) is 1.12. The van der Waals surface area contributed by atoms with Crippen molar-refractivity contribution in [1.29, 1.82) is 0 Å². The van der Waals surface area contributed by atoms with Crippen molar-refractivity contribution in [2.24, 2.45) is 0 Å². The SMILES string of the molecule is CC(C)c1ncnc(N)c1Cl. The van der Waals surface area contributed by atoms with Gasteiger partial charge in [-0.2, -0.15) is 0 Å². The Balaban J connectivity index is 3.17. The quantitative estimate of drug-likeness (QED) is 0.702. The zero-order chi connectivity index (χ0) is 8.43. The maximum atomic E-state index is 5.84. The highest BCUT2D eigenvalue weighted by Crippen LogP contribution is 2.24. The first-order chi connectivity index (χ1) is 5.13. The van der Waals surface area contributed by atoms with E-state index in [-0.39, 0.29) is 5.92 Å². The number of nitrogen functional groups attached to an aromatic ring is 1. The van der Waals surface area contributed by atoms with E-state index >= 15 is 0 Å². The third-order valence-corrected chi connectivity index (χ3v) is 1.78. The molecule has 0 radical (unpaired) electrons. The van der Waals surface area contributed by atoms with Gasteiger partial charge in [0.05, 0.1) is 5.69 Å². The zero-order valence-corrected chi connectivity index (χ0v) is 7.26. The molecule has 4 heteroatoms. The van der Waals surface area contributed by atoms with Gasteiger partial charge in [-0.1, -0.05) is 25.4 Å². The molecule has 0 fully saturated rings. The van der Waals surface area contributed by atoms with Crippen LogP contribution in [-0.2, 0) is 0 Å². The van der Waals surface area contributed by atoms with Crippen LogP contribution in [0.3, 0.4) is 0 Å². The first kappa shape index (κ1) is 8.27. The van der Waals surface area contributed by atoms with E-state index < -0.39 is 0 Å².